The second-order valence-corrected chi connectivity index (χ2v) is 6.88. The van der Waals surface area contributed by atoms with E-state index in [0.717, 1.165) is 51.3 Å². The summed E-state index contributed by atoms with van der Waals surface area (Å²) in [7, 11) is 1.82. The highest BCUT2D eigenvalue weighted by molar-refractivity contribution is 5.74. The number of nitrogens with zero attached hydrogens (tertiary/aromatic N) is 2. The predicted octanol–water partition coefficient (Wildman–Crippen LogP) is 2.40. The fourth-order valence-electron chi connectivity index (χ4n) is 3.35. The fourth-order valence-corrected chi connectivity index (χ4v) is 3.35. The maximum absolute atomic E-state index is 12.4. The van der Waals surface area contributed by atoms with Crippen LogP contribution in [0.4, 0.5) is 10.5 Å². The summed E-state index contributed by atoms with van der Waals surface area (Å²) in [6.45, 7) is 6.90. The molecule has 25 heavy (non-hydrogen) atoms. The van der Waals surface area contributed by atoms with Gasteiger partial charge in [0.25, 0.3) is 0 Å². The largest absolute Gasteiger partial charge is 0.378 e. The number of hydrogen-bond donors (Lipinski definition) is 1. The number of nitrogens with one attached hydrogen (secondary N) is 1. The number of amides is 2. The zero-order valence-electron chi connectivity index (χ0n) is 15.2. The molecule has 6 nitrogen and oxygen atoms in total. The molecule has 2 saturated heterocycles. The number of benzene rings is 1. The Morgan fingerprint density at radius 1 is 1.28 bits per heavy atom. The third-order valence-corrected chi connectivity index (χ3v) is 4.96. The Bertz CT molecular complexity index is 552. The van der Waals surface area contributed by atoms with Crippen molar-refractivity contribution >= 4 is 11.7 Å². The summed E-state index contributed by atoms with van der Waals surface area (Å²) in [4.78, 5) is 16.4. The van der Waals surface area contributed by atoms with Crippen molar-refractivity contribution in [3.05, 3.63) is 29.8 Å². The molecule has 1 aromatic rings. The topological polar surface area (TPSA) is 54.0 Å². The molecule has 2 amide bonds. The summed E-state index contributed by atoms with van der Waals surface area (Å²) in [5, 5.41) is 3.07. The van der Waals surface area contributed by atoms with Crippen LogP contribution in [-0.4, -0.2) is 63.5 Å². The van der Waals surface area contributed by atoms with Crippen LogP contribution in [0.1, 0.15) is 31.4 Å². The molecule has 0 unspecified atom stereocenters. The van der Waals surface area contributed by atoms with E-state index in [1.165, 1.54) is 5.69 Å². The van der Waals surface area contributed by atoms with Gasteiger partial charge in [0.15, 0.2) is 0 Å². The first-order chi connectivity index (χ1) is 12.1. The molecule has 0 radical (unpaired) electrons. The Hall–Kier alpha value is -1.79. The molecule has 6 heteroatoms. The normalized spacial score (nSPS) is 21.8. The first kappa shape index (κ1) is 18.0. The van der Waals surface area contributed by atoms with Gasteiger partial charge in [0.1, 0.15) is 0 Å². The maximum Gasteiger partial charge on any atom is 0.317 e. The maximum atomic E-state index is 12.4. The zero-order chi connectivity index (χ0) is 17.6. The predicted molar refractivity (Wildman–Crippen MR) is 98.0 cm³/mol. The van der Waals surface area contributed by atoms with E-state index >= 15 is 0 Å². The van der Waals surface area contributed by atoms with Gasteiger partial charge < -0.3 is 24.6 Å². The van der Waals surface area contributed by atoms with Gasteiger partial charge in [-0.25, -0.2) is 4.79 Å². The molecule has 2 aliphatic rings. The Kier molecular flexibility index (Phi) is 6.15. The van der Waals surface area contributed by atoms with Crippen LogP contribution in [0.5, 0.6) is 0 Å². The number of hydrogen-bond acceptors (Lipinski definition) is 4. The van der Waals surface area contributed by atoms with Gasteiger partial charge in [-0.2, -0.15) is 0 Å². The number of ether oxygens (including phenoxy) is 2. The Balaban J connectivity index is 1.51. The molecular formula is C19H29N3O3. The van der Waals surface area contributed by atoms with Crippen molar-refractivity contribution in [3.63, 3.8) is 0 Å². The van der Waals surface area contributed by atoms with E-state index in [-0.39, 0.29) is 18.2 Å². The molecule has 1 aromatic carbocycles. The minimum absolute atomic E-state index is 0.0295. The van der Waals surface area contributed by atoms with Crippen LogP contribution in [0.3, 0.4) is 0 Å². The lowest BCUT2D eigenvalue weighted by Crippen LogP contribution is -2.42. The highest BCUT2D eigenvalue weighted by Gasteiger charge is 2.21. The van der Waals surface area contributed by atoms with Crippen molar-refractivity contribution in [1.82, 2.24) is 10.2 Å². The number of carbonyl (C=O) groups is 1. The zero-order valence-corrected chi connectivity index (χ0v) is 15.2. The Morgan fingerprint density at radius 2 is 2.00 bits per heavy atom. The van der Waals surface area contributed by atoms with E-state index in [1.54, 1.807) is 4.90 Å². The number of anilines is 1. The molecule has 2 aliphatic heterocycles. The van der Waals surface area contributed by atoms with Crippen molar-refractivity contribution in [2.75, 3.05) is 51.4 Å². The number of carbonyl (C=O) groups excluding carboxylic acids is 1. The molecular weight excluding hydrogens is 318 g/mol. The van der Waals surface area contributed by atoms with Gasteiger partial charge in [-0.05, 0) is 37.5 Å². The van der Waals surface area contributed by atoms with Crippen molar-refractivity contribution in [2.24, 2.45) is 0 Å². The van der Waals surface area contributed by atoms with Gasteiger partial charge in [0, 0.05) is 39.0 Å². The number of likely N-dealkylation sites (N-methyl/N-ethyl adjacent to an activating group) is 1. The standard InChI is InChI=1S/C19H29N3O3/c1-15(20-19(23)21(2)14-18-4-3-11-25-18)16-5-7-17(8-6-16)22-9-12-24-13-10-22/h5-8,15,18H,3-4,9-14H2,1-2H3,(H,20,23)/t15-,18+/m0/s1. The number of rotatable bonds is 5. The summed E-state index contributed by atoms with van der Waals surface area (Å²) in [6, 6.07) is 8.35. The van der Waals surface area contributed by atoms with Crippen LogP contribution < -0.4 is 10.2 Å². The smallest absolute Gasteiger partial charge is 0.317 e. The quantitative estimate of drug-likeness (QED) is 0.889. The molecule has 2 fully saturated rings. The lowest BCUT2D eigenvalue weighted by Gasteiger charge is -2.29. The fraction of sp³-hybridized carbons (Fsp3) is 0.632. The number of urea groups is 1. The van der Waals surface area contributed by atoms with Gasteiger partial charge in [0.2, 0.25) is 0 Å². The van der Waals surface area contributed by atoms with E-state index in [0.29, 0.717) is 6.54 Å². The van der Waals surface area contributed by atoms with Crippen LogP contribution in [0.2, 0.25) is 0 Å². The van der Waals surface area contributed by atoms with E-state index in [1.807, 2.05) is 14.0 Å². The molecule has 0 spiro atoms. The molecule has 0 aliphatic carbocycles. The SMILES string of the molecule is C[C@H](NC(=O)N(C)C[C@H]1CCCO1)c1ccc(N2CCOCC2)cc1. The Labute approximate surface area is 150 Å². The third-order valence-electron chi connectivity index (χ3n) is 4.96. The Morgan fingerprint density at radius 3 is 2.64 bits per heavy atom. The van der Waals surface area contributed by atoms with Gasteiger partial charge in [-0.1, -0.05) is 12.1 Å². The van der Waals surface area contributed by atoms with Gasteiger partial charge in [-0.3, -0.25) is 0 Å². The van der Waals surface area contributed by atoms with E-state index < -0.39 is 0 Å². The summed E-state index contributed by atoms with van der Waals surface area (Å²) in [5.74, 6) is 0. The summed E-state index contributed by atoms with van der Waals surface area (Å²) >= 11 is 0. The first-order valence-electron chi connectivity index (χ1n) is 9.19. The third kappa shape index (κ3) is 4.86. The average Bonchev–Trinajstić information content (AvgIpc) is 3.15. The van der Waals surface area contributed by atoms with Gasteiger partial charge >= 0.3 is 6.03 Å². The van der Waals surface area contributed by atoms with Crippen LogP contribution >= 0.6 is 0 Å². The molecule has 138 valence electrons. The molecule has 2 atom stereocenters. The lowest BCUT2D eigenvalue weighted by molar-refractivity contribution is 0.0871. The van der Waals surface area contributed by atoms with Crippen molar-refractivity contribution in [2.45, 2.75) is 31.9 Å². The second kappa shape index (κ2) is 8.54. The van der Waals surface area contributed by atoms with Crippen LogP contribution in [0, 0.1) is 0 Å². The minimum atomic E-state index is -0.0553. The van der Waals surface area contributed by atoms with E-state index in [4.69, 9.17) is 9.47 Å². The molecule has 0 saturated carbocycles. The molecule has 1 N–H and O–H groups in total. The van der Waals surface area contributed by atoms with Gasteiger partial charge in [0.05, 0.1) is 25.4 Å². The van der Waals surface area contributed by atoms with E-state index in [9.17, 15) is 4.79 Å². The van der Waals surface area contributed by atoms with Crippen molar-refractivity contribution in [3.8, 4) is 0 Å². The van der Waals surface area contributed by atoms with Gasteiger partial charge in [-0.15, -0.1) is 0 Å². The van der Waals surface area contributed by atoms with E-state index in [2.05, 4.69) is 34.5 Å². The first-order valence-corrected chi connectivity index (χ1v) is 9.19. The highest BCUT2D eigenvalue weighted by atomic mass is 16.5. The molecule has 3 rings (SSSR count). The van der Waals surface area contributed by atoms with Crippen LogP contribution in [-0.2, 0) is 9.47 Å². The second-order valence-electron chi connectivity index (χ2n) is 6.88. The molecule has 0 bridgehead atoms. The molecule has 2 heterocycles. The van der Waals surface area contributed by atoms with Crippen LogP contribution in [0.15, 0.2) is 24.3 Å². The van der Waals surface area contributed by atoms with Crippen LogP contribution in [0.25, 0.3) is 0 Å². The monoisotopic (exact) mass is 347 g/mol. The molecule has 0 aromatic heterocycles. The summed E-state index contributed by atoms with van der Waals surface area (Å²) < 4.78 is 11.0. The minimum Gasteiger partial charge on any atom is -0.378 e. The van der Waals surface area contributed by atoms with Crippen molar-refractivity contribution in [1.29, 1.82) is 0 Å². The number of morpholine rings is 1. The highest BCUT2D eigenvalue weighted by Crippen LogP contribution is 2.20. The summed E-state index contributed by atoms with van der Waals surface area (Å²) in [6.07, 6.45) is 2.31. The lowest BCUT2D eigenvalue weighted by atomic mass is 10.1. The van der Waals surface area contributed by atoms with Crippen molar-refractivity contribution < 1.29 is 14.3 Å². The average molecular weight is 347 g/mol. The summed E-state index contributed by atoms with van der Waals surface area (Å²) in [5.41, 5.74) is 2.32.